The van der Waals surface area contributed by atoms with E-state index in [1.807, 2.05) is 12.1 Å². The van der Waals surface area contributed by atoms with Gasteiger partial charge >= 0.3 is 0 Å². The second-order valence-corrected chi connectivity index (χ2v) is 4.95. The maximum atomic E-state index is 5.80. The molecule has 2 aromatic heterocycles. The van der Waals surface area contributed by atoms with Gasteiger partial charge < -0.3 is 5.73 Å². The normalized spacial score (nSPS) is 10.7. The molecule has 2 aromatic rings. The van der Waals surface area contributed by atoms with E-state index in [0.29, 0.717) is 17.4 Å². The monoisotopic (exact) mass is 247 g/mol. The molecule has 0 amide bonds. The first kappa shape index (κ1) is 9.83. The summed E-state index contributed by atoms with van der Waals surface area (Å²) in [5.41, 5.74) is 5.70. The van der Waals surface area contributed by atoms with Gasteiger partial charge in [0, 0.05) is 4.88 Å². The molecule has 0 unspecified atom stereocenters. The van der Waals surface area contributed by atoms with Gasteiger partial charge in [-0.05, 0) is 12.1 Å². The van der Waals surface area contributed by atoms with Crippen molar-refractivity contribution in [1.82, 2.24) is 9.78 Å². The van der Waals surface area contributed by atoms with E-state index in [9.17, 15) is 0 Å². The highest BCUT2D eigenvalue weighted by atomic mass is 35.5. The molecule has 0 radical (unpaired) electrons. The van der Waals surface area contributed by atoms with Gasteiger partial charge in [-0.2, -0.15) is 5.10 Å². The van der Waals surface area contributed by atoms with Crippen molar-refractivity contribution >= 4 is 40.4 Å². The van der Waals surface area contributed by atoms with Crippen LogP contribution < -0.4 is 5.73 Å². The number of hydrogen-bond donors (Lipinski definition) is 1. The molecule has 6 heteroatoms. The maximum Gasteiger partial charge on any atom is 0.140 e. The summed E-state index contributed by atoms with van der Waals surface area (Å²) in [6, 6.07) is 3.80. The van der Waals surface area contributed by atoms with Gasteiger partial charge in [-0.25, -0.2) is 4.68 Å². The van der Waals surface area contributed by atoms with Crippen LogP contribution in [0.4, 0.5) is 5.82 Å². The molecular formula is C8H7Cl2N3S. The van der Waals surface area contributed by atoms with E-state index in [-0.39, 0.29) is 0 Å². The minimum atomic E-state index is 0.479. The molecule has 0 atom stereocenters. The Kier molecular flexibility index (Phi) is 2.67. The first-order valence-corrected chi connectivity index (χ1v) is 5.45. The van der Waals surface area contributed by atoms with Gasteiger partial charge in [0.1, 0.15) is 10.8 Å². The number of rotatable bonds is 2. The Bertz CT molecular complexity index is 449. The molecule has 0 saturated carbocycles. The van der Waals surface area contributed by atoms with Gasteiger partial charge in [0.25, 0.3) is 0 Å². The van der Waals surface area contributed by atoms with Crippen LogP contribution in [0.25, 0.3) is 0 Å². The third-order valence-corrected chi connectivity index (χ3v) is 3.27. The third-order valence-electron chi connectivity index (χ3n) is 1.77. The van der Waals surface area contributed by atoms with Crippen molar-refractivity contribution in [3.63, 3.8) is 0 Å². The van der Waals surface area contributed by atoms with E-state index in [4.69, 9.17) is 28.9 Å². The standard InChI is InChI=1S/C8H7Cl2N3S/c9-6-3-12-13(8(6)11)4-5-1-2-7(10)14-5/h1-3H,4,11H2. The molecule has 74 valence electrons. The van der Waals surface area contributed by atoms with E-state index < -0.39 is 0 Å². The van der Waals surface area contributed by atoms with Crippen molar-refractivity contribution in [2.75, 3.05) is 5.73 Å². The maximum absolute atomic E-state index is 5.80. The van der Waals surface area contributed by atoms with Crippen LogP contribution in [0.5, 0.6) is 0 Å². The molecule has 0 aliphatic rings. The first-order valence-electron chi connectivity index (χ1n) is 3.88. The number of nitrogens with two attached hydrogens (primary N) is 1. The fourth-order valence-corrected chi connectivity index (χ4v) is 2.29. The minimum absolute atomic E-state index is 0.479. The van der Waals surface area contributed by atoms with Crippen LogP contribution in [0, 0.1) is 0 Å². The van der Waals surface area contributed by atoms with Gasteiger partial charge in [0.05, 0.1) is 17.1 Å². The topological polar surface area (TPSA) is 43.8 Å². The summed E-state index contributed by atoms with van der Waals surface area (Å²) in [5.74, 6) is 0.483. The molecule has 0 aliphatic heterocycles. The van der Waals surface area contributed by atoms with E-state index in [0.717, 1.165) is 9.21 Å². The molecule has 2 N–H and O–H groups in total. The number of hydrogen-bond acceptors (Lipinski definition) is 3. The number of thiophene rings is 1. The average molecular weight is 248 g/mol. The lowest BCUT2D eigenvalue weighted by Gasteiger charge is -2.00. The molecule has 0 fully saturated rings. The number of nitrogen functional groups attached to an aromatic ring is 1. The second-order valence-electron chi connectivity index (χ2n) is 2.74. The van der Waals surface area contributed by atoms with Crippen molar-refractivity contribution in [2.45, 2.75) is 6.54 Å². The quantitative estimate of drug-likeness (QED) is 0.887. The highest BCUT2D eigenvalue weighted by Gasteiger charge is 2.06. The summed E-state index contributed by atoms with van der Waals surface area (Å²) in [6.07, 6.45) is 1.53. The number of aromatic nitrogens is 2. The Morgan fingerprint density at radius 2 is 2.21 bits per heavy atom. The Labute approximate surface area is 95.0 Å². The molecule has 3 nitrogen and oxygen atoms in total. The molecule has 2 rings (SSSR count). The largest absolute Gasteiger partial charge is 0.383 e. The molecule has 14 heavy (non-hydrogen) atoms. The van der Waals surface area contributed by atoms with Gasteiger partial charge in [-0.1, -0.05) is 23.2 Å². The van der Waals surface area contributed by atoms with Crippen LogP contribution in [-0.4, -0.2) is 9.78 Å². The van der Waals surface area contributed by atoms with E-state index in [1.54, 1.807) is 4.68 Å². The van der Waals surface area contributed by atoms with Crippen LogP contribution in [0.15, 0.2) is 18.3 Å². The fourth-order valence-electron chi connectivity index (χ4n) is 1.08. The Morgan fingerprint density at radius 3 is 2.71 bits per heavy atom. The molecule has 0 aliphatic carbocycles. The van der Waals surface area contributed by atoms with Crippen LogP contribution in [0.2, 0.25) is 9.36 Å². The van der Waals surface area contributed by atoms with Crippen molar-refractivity contribution in [3.05, 3.63) is 32.6 Å². The summed E-state index contributed by atoms with van der Waals surface area (Å²) >= 11 is 13.1. The van der Waals surface area contributed by atoms with Crippen LogP contribution in [0.3, 0.4) is 0 Å². The SMILES string of the molecule is Nc1c(Cl)cnn1Cc1ccc(Cl)s1. The lowest BCUT2D eigenvalue weighted by atomic mass is 10.4. The summed E-state index contributed by atoms with van der Waals surface area (Å²) in [6.45, 7) is 0.607. The molecule has 0 spiro atoms. The summed E-state index contributed by atoms with van der Waals surface area (Å²) in [4.78, 5) is 1.10. The predicted octanol–water partition coefficient (Wildman–Crippen LogP) is 2.88. The lowest BCUT2D eigenvalue weighted by molar-refractivity contribution is 0.705. The summed E-state index contributed by atoms with van der Waals surface area (Å²) in [7, 11) is 0. The van der Waals surface area contributed by atoms with Crippen LogP contribution >= 0.6 is 34.5 Å². The number of nitrogens with zero attached hydrogens (tertiary/aromatic N) is 2. The van der Waals surface area contributed by atoms with E-state index in [2.05, 4.69) is 5.10 Å². The van der Waals surface area contributed by atoms with Gasteiger partial charge in [-0.3, -0.25) is 0 Å². The molecule has 0 aromatic carbocycles. The number of halogens is 2. The zero-order valence-corrected chi connectivity index (χ0v) is 9.40. The summed E-state index contributed by atoms with van der Waals surface area (Å²) < 4.78 is 2.40. The third kappa shape index (κ3) is 1.87. The zero-order chi connectivity index (χ0) is 10.1. The first-order chi connectivity index (χ1) is 6.66. The lowest BCUT2D eigenvalue weighted by Crippen LogP contribution is -2.04. The van der Waals surface area contributed by atoms with Crippen LogP contribution in [0.1, 0.15) is 4.88 Å². The molecule has 0 bridgehead atoms. The molecule has 2 heterocycles. The molecule has 0 saturated heterocycles. The van der Waals surface area contributed by atoms with Crippen molar-refractivity contribution in [2.24, 2.45) is 0 Å². The fraction of sp³-hybridized carbons (Fsp3) is 0.125. The number of anilines is 1. The van der Waals surface area contributed by atoms with Crippen molar-refractivity contribution in [1.29, 1.82) is 0 Å². The van der Waals surface area contributed by atoms with Crippen molar-refractivity contribution < 1.29 is 0 Å². The zero-order valence-electron chi connectivity index (χ0n) is 7.08. The summed E-state index contributed by atoms with van der Waals surface area (Å²) in [5, 5.41) is 4.52. The smallest absolute Gasteiger partial charge is 0.140 e. The van der Waals surface area contributed by atoms with Crippen molar-refractivity contribution in [3.8, 4) is 0 Å². The Hall–Kier alpha value is -0.710. The van der Waals surface area contributed by atoms with E-state index in [1.165, 1.54) is 17.5 Å². The van der Waals surface area contributed by atoms with Crippen LogP contribution in [-0.2, 0) is 6.54 Å². The van der Waals surface area contributed by atoms with Gasteiger partial charge in [-0.15, -0.1) is 11.3 Å². The van der Waals surface area contributed by atoms with Gasteiger partial charge in [0.15, 0.2) is 0 Å². The Balaban J connectivity index is 2.22. The molecular weight excluding hydrogens is 241 g/mol. The Morgan fingerprint density at radius 1 is 1.43 bits per heavy atom. The average Bonchev–Trinajstić information content (AvgIpc) is 2.67. The predicted molar refractivity (Wildman–Crippen MR) is 60.1 cm³/mol. The highest BCUT2D eigenvalue weighted by molar-refractivity contribution is 7.16. The highest BCUT2D eigenvalue weighted by Crippen LogP contribution is 2.24. The minimum Gasteiger partial charge on any atom is -0.383 e. The second kappa shape index (κ2) is 3.81. The van der Waals surface area contributed by atoms with E-state index >= 15 is 0 Å². The van der Waals surface area contributed by atoms with Gasteiger partial charge in [0.2, 0.25) is 0 Å².